The molecule has 1 atom stereocenters. The van der Waals surface area contributed by atoms with E-state index in [0.717, 1.165) is 56.8 Å². The Bertz CT molecular complexity index is 863. The predicted octanol–water partition coefficient (Wildman–Crippen LogP) is 3.56. The number of benzene rings is 1. The molecule has 6 nitrogen and oxygen atoms in total. The molecule has 0 amide bonds. The average molecular weight is 440 g/mol. The largest absolute Gasteiger partial charge is 0.379 e. The summed E-state index contributed by atoms with van der Waals surface area (Å²) in [5.74, 6) is 0.992. The molecule has 0 bridgehead atoms. The second kappa shape index (κ2) is 9.45. The van der Waals surface area contributed by atoms with Crippen LogP contribution in [0.5, 0.6) is 0 Å². The lowest BCUT2D eigenvalue weighted by Gasteiger charge is -2.42. The van der Waals surface area contributed by atoms with E-state index in [1.54, 1.807) is 11.8 Å². The van der Waals surface area contributed by atoms with Crippen LogP contribution in [0.2, 0.25) is 0 Å². The molecule has 1 aromatic carbocycles. The minimum Gasteiger partial charge on any atom is -0.379 e. The zero-order valence-electron chi connectivity index (χ0n) is 18.2. The van der Waals surface area contributed by atoms with Gasteiger partial charge in [-0.05, 0) is 48.8 Å². The van der Waals surface area contributed by atoms with Gasteiger partial charge in [-0.2, -0.15) is 0 Å². The molecular formula is C24H33N5OS. The second-order valence-electron chi connectivity index (χ2n) is 9.20. The molecule has 3 fully saturated rings. The highest BCUT2D eigenvalue weighted by Crippen LogP contribution is 2.45. The number of ether oxygens (including phenoxy) is 1. The van der Waals surface area contributed by atoms with E-state index in [2.05, 4.69) is 34.1 Å². The van der Waals surface area contributed by atoms with Crippen molar-refractivity contribution in [1.29, 1.82) is 0 Å². The third-order valence-corrected chi connectivity index (χ3v) is 8.21. The molecule has 0 unspecified atom stereocenters. The van der Waals surface area contributed by atoms with Gasteiger partial charge in [0.2, 0.25) is 0 Å². The van der Waals surface area contributed by atoms with E-state index < -0.39 is 0 Å². The third kappa shape index (κ3) is 4.90. The number of rotatable bonds is 5. The SMILES string of the molecule is N[C@@H]1CCCC12CCN(c1cnc(Sc3cccc(CN4CCOCC4)c3)cn1)CC2. The highest BCUT2D eigenvalue weighted by Gasteiger charge is 2.42. The average Bonchev–Trinajstić information content (AvgIpc) is 3.15. The van der Waals surface area contributed by atoms with Crippen molar-refractivity contribution in [2.24, 2.45) is 11.1 Å². The molecular weight excluding hydrogens is 406 g/mol. The van der Waals surface area contributed by atoms with Crippen LogP contribution in [0.1, 0.15) is 37.7 Å². The number of hydrogen-bond donors (Lipinski definition) is 1. The van der Waals surface area contributed by atoms with E-state index in [1.807, 2.05) is 12.4 Å². The Morgan fingerprint density at radius 1 is 1.06 bits per heavy atom. The summed E-state index contributed by atoms with van der Waals surface area (Å²) in [7, 11) is 0. The van der Waals surface area contributed by atoms with Crippen molar-refractivity contribution >= 4 is 17.6 Å². The van der Waals surface area contributed by atoms with Crippen LogP contribution in [0.15, 0.2) is 46.6 Å². The van der Waals surface area contributed by atoms with Crippen LogP contribution >= 0.6 is 11.8 Å². The van der Waals surface area contributed by atoms with Crippen LogP contribution in [-0.2, 0) is 11.3 Å². The molecule has 2 aromatic rings. The molecule has 3 aliphatic rings. The minimum absolute atomic E-state index is 0.381. The molecule has 7 heteroatoms. The summed E-state index contributed by atoms with van der Waals surface area (Å²) in [6, 6.07) is 9.14. The third-order valence-electron chi connectivity index (χ3n) is 7.30. The fourth-order valence-electron chi connectivity index (χ4n) is 5.34. The van der Waals surface area contributed by atoms with Crippen molar-refractivity contribution in [3.8, 4) is 0 Å². The van der Waals surface area contributed by atoms with Gasteiger partial charge >= 0.3 is 0 Å². The normalized spacial score (nSPS) is 24.0. The van der Waals surface area contributed by atoms with E-state index in [9.17, 15) is 0 Å². The number of nitrogens with zero attached hydrogens (tertiary/aromatic N) is 4. The summed E-state index contributed by atoms with van der Waals surface area (Å²) in [4.78, 5) is 15.5. The molecule has 0 radical (unpaired) electrons. The van der Waals surface area contributed by atoms with E-state index in [4.69, 9.17) is 20.4 Å². The maximum absolute atomic E-state index is 6.43. The Morgan fingerprint density at radius 2 is 1.90 bits per heavy atom. The van der Waals surface area contributed by atoms with E-state index in [-0.39, 0.29) is 0 Å². The Kier molecular flexibility index (Phi) is 6.46. The summed E-state index contributed by atoms with van der Waals surface area (Å²) in [5.41, 5.74) is 8.15. The number of nitrogens with two attached hydrogens (primary N) is 1. The molecule has 1 spiro atoms. The van der Waals surface area contributed by atoms with Crippen molar-refractivity contribution in [2.75, 3.05) is 44.3 Å². The van der Waals surface area contributed by atoms with Gasteiger partial charge in [0.25, 0.3) is 0 Å². The lowest BCUT2D eigenvalue weighted by molar-refractivity contribution is 0.0341. The molecule has 1 aromatic heterocycles. The van der Waals surface area contributed by atoms with Crippen molar-refractivity contribution in [3.63, 3.8) is 0 Å². The molecule has 166 valence electrons. The van der Waals surface area contributed by atoms with Crippen LogP contribution < -0.4 is 10.6 Å². The highest BCUT2D eigenvalue weighted by atomic mass is 32.2. The van der Waals surface area contributed by atoms with Gasteiger partial charge in [-0.25, -0.2) is 9.97 Å². The summed E-state index contributed by atoms with van der Waals surface area (Å²) in [6.07, 6.45) is 10.0. The van der Waals surface area contributed by atoms with Crippen molar-refractivity contribution < 1.29 is 4.74 Å². The van der Waals surface area contributed by atoms with Crippen LogP contribution in [0, 0.1) is 5.41 Å². The maximum Gasteiger partial charge on any atom is 0.147 e. The summed E-state index contributed by atoms with van der Waals surface area (Å²) >= 11 is 1.68. The van der Waals surface area contributed by atoms with Gasteiger partial charge in [-0.1, -0.05) is 30.3 Å². The van der Waals surface area contributed by atoms with E-state index in [0.29, 0.717) is 11.5 Å². The lowest BCUT2D eigenvalue weighted by atomic mass is 9.74. The van der Waals surface area contributed by atoms with E-state index >= 15 is 0 Å². The Morgan fingerprint density at radius 3 is 2.61 bits per heavy atom. The summed E-state index contributed by atoms with van der Waals surface area (Å²) in [6.45, 7) is 6.74. The molecule has 31 heavy (non-hydrogen) atoms. The van der Waals surface area contributed by atoms with Gasteiger partial charge in [0.15, 0.2) is 0 Å². The number of aromatic nitrogens is 2. The molecule has 2 N–H and O–H groups in total. The van der Waals surface area contributed by atoms with Gasteiger partial charge in [0.05, 0.1) is 25.6 Å². The quantitative estimate of drug-likeness (QED) is 0.764. The standard InChI is InChI=1S/C24H33N5OS/c25-21-5-2-6-24(21)7-9-29(10-8-24)22-16-27-23(17-26-22)31-20-4-1-3-19(15-20)18-28-11-13-30-14-12-28/h1,3-4,15-17,21H,2,5-14,18,25H2/t21-/m1/s1. The van der Waals surface area contributed by atoms with Crippen molar-refractivity contribution in [2.45, 2.75) is 54.6 Å². The topological polar surface area (TPSA) is 67.5 Å². The highest BCUT2D eigenvalue weighted by molar-refractivity contribution is 7.99. The van der Waals surface area contributed by atoms with Crippen molar-refractivity contribution in [1.82, 2.24) is 14.9 Å². The van der Waals surface area contributed by atoms with Crippen molar-refractivity contribution in [3.05, 3.63) is 42.2 Å². The van der Waals surface area contributed by atoms with Gasteiger partial charge in [-0.3, -0.25) is 4.90 Å². The van der Waals surface area contributed by atoms with Gasteiger partial charge < -0.3 is 15.4 Å². The van der Waals surface area contributed by atoms with Crippen LogP contribution in [0.25, 0.3) is 0 Å². The number of piperidine rings is 1. The number of morpholine rings is 1. The fourth-order valence-corrected chi connectivity index (χ4v) is 6.15. The van der Waals surface area contributed by atoms with Crippen LogP contribution in [0.3, 0.4) is 0 Å². The molecule has 3 heterocycles. The molecule has 2 saturated heterocycles. The summed E-state index contributed by atoms with van der Waals surface area (Å²) < 4.78 is 5.45. The minimum atomic E-state index is 0.381. The molecule has 1 aliphatic carbocycles. The predicted molar refractivity (Wildman–Crippen MR) is 124 cm³/mol. The van der Waals surface area contributed by atoms with Gasteiger partial charge in [0.1, 0.15) is 10.8 Å². The first kappa shape index (κ1) is 21.2. The van der Waals surface area contributed by atoms with Gasteiger partial charge in [-0.15, -0.1) is 0 Å². The fraction of sp³-hybridized carbons (Fsp3) is 0.583. The first-order valence-corrected chi connectivity index (χ1v) is 12.4. The van der Waals surface area contributed by atoms with Gasteiger partial charge in [0, 0.05) is 43.7 Å². The summed E-state index contributed by atoms with van der Waals surface area (Å²) in [5, 5.41) is 0.943. The van der Waals surface area contributed by atoms with E-state index in [1.165, 1.54) is 42.6 Å². The maximum atomic E-state index is 6.43. The smallest absolute Gasteiger partial charge is 0.147 e. The Hall–Kier alpha value is -1.67. The Balaban J connectivity index is 1.18. The first-order valence-electron chi connectivity index (χ1n) is 11.6. The zero-order chi connectivity index (χ0) is 21.1. The second-order valence-corrected chi connectivity index (χ2v) is 10.3. The Labute approximate surface area is 189 Å². The van der Waals surface area contributed by atoms with Crippen LogP contribution in [-0.4, -0.2) is 60.3 Å². The first-order chi connectivity index (χ1) is 15.2. The molecule has 2 aliphatic heterocycles. The molecule has 1 saturated carbocycles. The number of hydrogen-bond acceptors (Lipinski definition) is 7. The molecule has 5 rings (SSSR count). The monoisotopic (exact) mass is 439 g/mol. The number of anilines is 1. The zero-order valence-corrected chi connectivity index (χ0v) is 19.0. The van der Waals surface area contributed by atoms with Crippen LogP contribution in [0.4, 0.5) is 5.82 Å². The lowest BCUT2D eigenvalue weighted by Crippen LogP contribution is -2.47.